The highest BCUT2D eigenvalue weighted by Gasteiger charge is 2.47. The zero-order chi connectivity index (χ0) is 13.1. The lowest BCUT2D eigenvalue weighted by Gasteiger charge is -2.36. The van der Waals surface area contributed by atoms with Crippen molar-refractivity contribution in [2.75, 3.05) is 13.2 Å². The average molecular weight is 259 g/mol. The number of nitrogens with one attached hydrogen (secondary N) is 1. The van der Waals surface area contributed by atoms with Gasteiger partial charge in [-0.2, -0.15) is 0 Å². The second-order valence-electron chi connectivity index (χ2n) is 5.91. The molecule has 104 valence electrons. The normalized spacial score (nSPS) is 27.8. The van der Waals surface area contributed by atoms with Gasteiger partial charge in [0.2, 0.25) is 0 Å². The smallest absolute Gasteiger partial charge is 0.124 e. The Labute approximate surface area is 116 Å². The highest BCUT2D eigenvalue weighted by Crippen LogP contribution is 2.51. The van der Waals surface area contributed by atoms with Crippen LogP contribution in [0.3, 0.4) is 0 Å². The summed E-state index contributed by atoms with van der Waals surface area (Å²) in [6.07, 6.45) is 8.01. The lowest BCUT2D eigenvalue weighted by Crippen LogP contribution is -2.44. The van der Waals surface area contributed by atoms with E-state index in [9.17, 15) is 0 Å². The quantitative estimate of drug-likeness (QED) is 0.886. The fourth-order valence-corrected chi connectivity index (χ4v) is 3.60. The largest absolute Gasteiger partial charge is 0.494 e. The molecule has 1 unspecified atom stereocenters. The predicted octanol–water partition coefficient (Wildman–Crippen LogP) is 3.85. The molecule has 2 fully saturated rings. The van der Waals surface area contributed by atoms with Crippen LogP contribution in [-0.2, 0) is 5.54 Å². The van der Waals surface area contributed by atoms with Crippen molar-refractivity contribution in [3.8, 4) is 5.75 Å². The van der Waals surface area contributed by atoms with Crippen LogP contribution in [0, 0.1) is 5.92 Å². The van der Waals surface area contributed by atoms with Gasteiger partial charge in [-0.15, -0.1) is 0 Å². The lowest BCUT2D eigenvalue weighted by molar-refractivity contribution is 0.257. The molecule has 1 aliphatic heterocycles. The molecular weight excluding hydrogens is 234 g/mol. The summed E-state index contributed by atoms with van der Waals surface area (Å²) in [7, 11) is 0. The van der Waals surface area contributed by atoms with Crippen molar-refractivity contribution < 1.29 is 4.74 Å². The fourth-order valence-electron chi connectivity index (χ4n) is 3.60. The molecule has 1 saturated carbocycles. The highest BCUT2D eigenvalue weighted by molar-refractivity contribution is 5.41. The van der Waals surface area contributed by atoms with E-state index >= 15 is 0 Å². The molecule has 0 radical (unpaired) electrons. The van der Waals surface area contributed by atoms with Gasteiger partial charge in [-0.3, -0.25) is 0 Å². The van der Waals surface area contributed by atoms with Crippen LogP contribution >= 0.6 is 0 Å². The van der Waals surface area contributed by atoms with E-state index in [0.717, 1.165) is 24.8 Å². The third-order valence-corrected chi connectivity index (χ3v) is 4.63. The van der Waals surface area contributed by atoms with Crippen LogP contribution in [0.15, 0.2) is 24.3 Å². The van der Waals surface area contributed by atoms with Crippen LogP contribution < -0.4 is 10.1 Å². The summed E-state index contributed by atoms with van der Waals surface area (Å²) in [4.78, 5) is 0. The monoisotopic (exact) mass is 259 g/mol. The molecule has 1 aromatic rings. The van der Waals surface area contributed by atoms with Crippen molar-refractivity contribution in [1.29, 1.82) is 0 Å². The lowest BCUT2D eigenvalue weighted by atomic mass is 9.80. The molecule has 1 aromatic carbocycles. The molecule has 1 N–H and O–H groups in total. The van der Waals surface area contributed by atoms with Gasteiger partial charge < -0.3 is 10.1 Å². The Balaban J connectivity index is 1.99. The molecule has 19 heavy (non-hydrogen) atoms. The molecule has 2 nitrogen and oxygen atoms in total. The highest BCUT2D eigenvalue weighted by atomic mass is 16.5. The third-order valence-electron chi connectivity index (χ3n) is 4.63. The minimum absolute atomic E-state index is 0.183. The Morgan fingerprint density at radius 3 is 2.84 bits per heavy atom. The van der Waals surface area contributed by atoms with Crippen LogP contribution in [0.4, 0.5) is 0 Å². The summed E-state index contributed by atoms with van der Waals surface area (Å²) in [6.45, 7) is 3.97. The number of hydrogen-bond donors (Lipinski definition) is 1. The Hall–Kier alpha value is -1.02. The fraction of sp³-hybridized carbons (Fsp3) is 0.647. The number of hydrogen-bond acceptors (Lipinski definition) is 2. The molecule has 0 bridgehead atoms. The Morgan fingerprint density at radius 1 is 1.21 bits per heavy atom. The summed E-state index contributed by atoms with van der Waals surface area (Å²) < 4.78 is 5.89. The van der Waals surface area contributed by atoms with Gasteiger partial charge in [0.15, 0.2) is 0 Å². The zero-order valence-electron chi connectivity index (χ0n) is 12.0. The van der Waals surface area contributed by atoms with Crippen molar-refractivity contribution in [3.05, 3.63) is 29.8 Å². The Bertz CT molecular complexity index is 417. The van der Waals surface area contributed by atoms with Crippen molar-refractivity contribution in [2.24, 2.45) is 5.92 Å². The zero-order valence-corrected chi connectivity index (χ0v) is 12.0. The molecule has 2 heteroatoms. The molecular formula is C17H25NO. The van der Waals surface area contributed by atoms with Crippen molar-refractivity contribution in [2.45, 2.75) is 51.0 Å². The summed E-state index contributed by atoms with van der Waals surface area (Å²) in [5.41, 5.74) is 1.59. The van der Waals surface area contributed by atoms with Crippen LogP contribution in [0.1, 0.15) is 51.0 Å². The number of rotatable bonds is 4. The topological polar surface area (TPSA) is 21.3 Å². The van der Waals surface area contributed by atoms with Gasteiger partial charge >= 0.3 is 0 Å². The van der Waals surface area contributed by atoms with Gasteiger partial charge in [0.05, 0.1) is 6.61 Å². The number of para-hydroxylation sites is 1. The van der Waals surface area contributed by atoms with Crippen molar-refractivity contribution in [3.63, 3.8) is 0 Å². The molecule has 0 amide bonds. The summed E-state index contributed by atoms with van der Waals surface area (Å²) in [5, 5.41) is 3.89. The SMILES string of the molecule is CCOc1ccccc1C1(C2CC2)CCCCCN1. The van der Waals surface area contributed by atoms with Gasteiger partial charge in [-0.25, -0.2) is 0 Å². The maximum absolute atomic E-state index is 5.89. The standard InChI is InChI=1S/C17H25NO/c1-2-19-16-9-5-4-8-15(16)17(14-10-11-14)12-6-3-7-13-18-17/h4-5,8-9,14,18H,2-3,6-7,10-13H2,1H3. The first-order chi connectivity index (χ1) is 9.37. The van der Waals surface area contributed by atoms with Gasteiger partial charge in [0, 0.05) is 11.1 Å². The Kier molecular flexibility index (Phi) is 3.79. The molecule has 0 aromatic heterocycles. The van der Waals surface area contributed by atoms with E-state index < -0.39 is 0 Å². The predicted molar refractivity (Wildman–Crippen MR) is 78.5 cm³/mol. The number of benzene rings is 1. The number of ether oxygens (including phenoxy) is 1. The van der Waals surface area contributed by atoms with E-state index in [4.69, 9.17) is 4.74 Å². The van der Waals surface area contributed by atoms with Crippen LogP contribution in [0.5, 0.6) is 5.75 Å². The molecule has 1 atom stereocenters. The summed E-state index contributed by atoms with van der Waals surface area (Å²) >= 11 is 0. The molecule has 1 heterocycles. The van der Waals surface area contributed by atoms with Gasteiger partial charge in [-0.05, 0) is 51.1 Å². The second kappa shape index (κ2) is 5.54. The first-order valence-electron chi connectivity index (χ1n) is 7.84. The third kappa shape index (κ3) is 2.51. The molecule has 0 spiro atoms. The van der Waals surface area contributed by atoms with Crippen molar-refractivity contribution in [1.82, 2.24) is 5.32 Å². The maximum Gasteiger partial charge on any atom is 0.124 e. The molecule has 1 aliphatic carbocycles. The Morgan fingerprint density at radius 2 is 2.05 bits per heavy atom. The second-order valence-corrected chi connectivity index (χ2v) is 5.91. The van der Waals surface area contributed by atoms with Gasteiger partial charge in [0.25, 0.3) is 0 Å². The minimum Gasteiger partial charge on any atom is -0.494 e. The van der Waals surface area contributed by atoms with Crippen LogP contribution in [-0.4, -0.2) is 13.2 Å². The summed E-state index contributed by atoms with van der Waals surface area (Å²) in [5.74, 6) is 1.90. The minimum atomic E-state index is 0.183. The van der Waals surface area contributed by atoms with E-state index in [1.165, 1.54) is 44.1 Å². The van der Waals surface area contributed by atoms with E-state index in [1.54, 1.807) is 0 Å². The first-order valence-corrected chi connectivity index (χ1v) is 7.84. The van der Waals surface area contributed by atoms with E-state index in [0.29, 0.717) is 0 Å². The van der Waals surface area contributed by atoms with Crippen LogP contribution in [0.25, 0.3) is 0 Å². The molecule has 3 rings (SSSR count). The van der Waals surface area contributed by atoms with E-state index in [-0.39, 0.29) is 5.54 Å². The summed E-state index contributed by atoms with van der Waals surface area (Å²) in [6, 6.07) is 8.66. The van der Waals surface area contributed by atoms with E-state index in [2.05, 4.69) is 36.5 Å². The van der Waals surface area contributed by atoms with Crippen LogP contribution in [0.2, 0.25) is 0 Å². The maximum atomic E-state index is 5.89. The average Bonchev–Trinajstić information content (AvgIpc) is 3.27. The molecule has 1 saturated heterocycles. The van der Waals surface area contributed by atoms with E-state index in [1.807, 2.05) is 0 Å². The van der Waals surface area contributed by atoms with Crippen molar-refractivity contribution >= 4 is 0 Å². The van der Waals surface area contributed by atoms with Gasteiger partial charge in [0.1, 0.15) is 5.75 Å². The van der Waals surface area contributed by atoms with Gasteiger partial charge in [-0.1, -0.05) is 31.0 Å². The molecule has 2 aliphatic rings. The first kappa shape index (κ1) is 13.0.